The first kappa shape index (κ1) is 16.0. The predicted octanol–water partition coefficient (Wildman–Crippen LogP) is 1.18. The monoisotopic (exact) mass is 278 g/mol. The summed E-state index contributed by atoms with van der Waals surface area (Å²) < 4.78 is 0. The van der Waals surface area contributed by atoms with Crippen LogP contribution in [0.15, 0.2) is 24.3 Å². The molecule has 1 atom stereocenters. The largest absolute Gasteiger partial charge is 0.351 e. The zero-order valence-corrected chi connectivity index (χ0v) is 12.1. The SMILES string of the molecule is CC(C)NC(=O)Nc1ccc(CNC(=O)[C@@H](C)N)cc1. The van der Waals surface area contributed by atoms with E-state index in [9.17, 15) is 9.59 Å². The number of anilines is 1. The fourth-order valence-electron chi connectivity index (χ4n) is 1.49. The molecule has 0 aliphatic heterocycles. The quantitative estimate of drug-likeness (QED) is 0.651. The Morgan fingerprint density at radius 2 is 1.75 bits per heavy atom. The Hall–Kier alpha value is -2.08. The second kappa shape index (κ2) is 7.49. The van der Waals surface area contributed by atoms with Gasteiger partial charge in [0, 0.05) is 18.3 Å². The third kappa shape index (κ3) is 5.71. The molecule has 0 aliphatic rings. The molecule has 0 saturated carbocycles. The zero-order chi connectivity index (χ0) is 15.1. The van der Waals surface area contributed by atoms with Gasteiger partial charge in [-0.05, 0) is 38.5 Å². The van der Waals surface area contributed by atoms with E-state index in [2.05, 4.69) is 16.0 Å². The number of nitrogens with two attached hydrogens (primary N) is 1. The van der Waals surface area contributed by atoms with Crippen molar-refractivity contribution in [1.82, 2.24) is 10.6 Å². The molecular formula is C14H22N4O2. The molecule has 0 radical (unpaired) electrons. The van der Waals surface area contributed by atoms with Gasteiger partial charge in [0.1, 0.15) is 0 Å². The van der Waals surface area contributed by atoms with Crippen LogP contribution in [0.1, 0.15) is 26.3 Å². The number of nitrogens with one attached hydrogen (secondary N) is 3. The van der Waals surface area contributed by atoms with Crippen LogP contribution in [-0.2, 0) is 11.3 Å². The maximum absolute atomic E-state index is 11.5. The maximum Gasteiger partial charge on any atom is 0.319 e. The third-order valence-corrected chi connectivity index (χ3v) is 2.51. The van der Waals surface area contributed by atoms with Crippen LogP contribution in [0.3, 0.4) is 0 Å². The van der Waals surface area contributed by atoms with Crippen LogP contribution >= 0.6 is 0 Å². The van der Waals surface area contributed by atoms with Gasteiger partial charge in [-0.1, -0.05) is 12.1 Å². The Bertz CT molecular complexity index is 455. The molecule has 5 N–H and O–H groups in total. The normalized spacial score (nSPS) is 11.8. The molecule has 6 nitrogen and oxygen atoms in total. The lowest BCUT2D eigenvalue weighted by Gasteiger charge is -2.11. The highest BCUT2D eigenvalue weighted by Crippen LogP contribution is 2.09. The minimum atomic E-state index is -0.518. The molecule has 0 bridgehead atoms. The van der Waals surface area contributed by atoms with E-state index in [1.54, 1.807) is 19.1 Å². The van der Waals surface area contributed by atoms with Crippen molar-refractivity contribution in [3.05, 3.63) is 29.8 Å². The predicted molar refractivity (Wildman–Crippen MR) is 79.2 cm³/mol. The minimum absolute atomic E-state index is 0.0859. The third-order valence-electron chi connectivity index (χ3n) is 2.51. The Labute approximate surface area is 119 Å². The molecule has 0 heterocycles. The second-order valence-corrected chi connectivity index (χ2v) is 4.96. The number of amides is 3. The van der Waals surface area contributed by atoms with Crippen molar-refractivity contribution in [2.75, 3.05) is 5.32 Å². The van der Waals surface area contributed by atoms with Gasteiger partial charge < -0.3 is 21.7 Å². The molecule has 0 aromatic heterocycles. The summed E-state index contributed by atoms with van der Waals surface area (Å²) in [5.41, 5.74) is 7.09. The molecule has 20 heavy (non-hydrogen) atoms. The van der Waals surface area contributed by atoms with Gasteiger partial charge in [-0.3, -0.25) is 4.79 Å². The maximum atomic E-state index is 11.5. The van der Waals surface area contributed by atoms with Crippen LogP contribution in [0, 0.1) is 0 Å². The first-order chi connectivity index (χ1) is 9.38. The average molecular weight is 278 g/mol. The van der Waals surface area contributed by atoms with E-state index < -0.39 is 6.04 Å². The number of carbonyl (C=O) groups is 2. The standard InChI is InChI=1S/C14H22N4O2/c1-9(2)17-14(20)18-12-6-4-11(5-7-12)8-16-13(19)10(3)15/h4-7,9-10H,8,15H2,1-3H3,(H,16,19)(H2,17,18,20)/t10-/m1/s1. The number of hydrogen-bond acceptors (Lipinski definition) is 3. The van der Waals surface area contributed by atoms with Gasteiger partial charge in [0.2, 0.25) is 5.91 Å². The molecule has 0 fully saturated rings. The minimum Gasteiger partial charge on any atom is -0.351 e. The van der Waals surface area contributed by atoms with Gasteiger partial charge in [-0.2, -0.15) is 0 Å². The van der Waals surface area contributed by atoms with E-state index in [0.717, 1.165) is 5.56 Å². The van der Waals surface area contributed by atoms with E-state index in [-0.39, 0.29) is 18.0 Å². The number of carbonyl (C=O) groups excluding carboxylic acids is 2. The summed E-state index contributed by atoms with van der Waals surface area (Å²) in [7, 11) is 0. The molecule has 0 saturated heterocycles. The van der Waals surface area contributed by atoms with Crippen LogP contribution in [0.5, 0.6) is 0 Å². The highest BCUT2D eigenvalue weighted by Gasteiger charge is 2.06. The topological polar surface area (TPSA) is 96.2 Å². The van der Waals surface area contributed by atoms with Crippen LogP contribution in [0.2, 0.25) is 0 Å². The van der Waals surface area contributed by atoms with Gasteiger partial charge in [-0.15, -0.1) is 0 Å². The molecule has 0 unspecified atom stereocenters. The molecule has 0 spiro atoms. The summed E-state index contributed by atoms with van der Waals surface area (Å²) in [6.07, 6.45) is 0. The summed E-state index contributed by atoms with van der Waals surface area (Å²) in [5.74, 6) is -0.191. The summed E-state index contributed by atoms with van der Waals surface area (Å²) in [6.45, 7) is 5.84. The summed E-state index contributed by atoms with van der Waals surface area (Å²) in [6, 6.07) is 6.58. The van der Waals surface area contributed by atoms with E-state index >= 15 is 0 Å². The van der Waals surface area contributed by atoms with Crippen LogP contribution in [-0.4, -0.2) is 24.0 Å². The van der Waals surface area contributed by atoms with Crippen molar-refractivity contribution >= 4 is 17.6 Å². The summed E-state index contributed by atoms with van der Waals surface area (Å²) in [4.78, 5) is 22.8. The zero-order valence-electron chi connectivity index (χ0n) is 12.1. The van der Waals surface area contributed by atoms with Crippen molar-refractivity contribution in [1.29, 1.82) is 0 Å². The van der Waals surface area contributed by atoms with Crippen molar-refractivity contribution in [2.45, 2.75) is 39.4 Å². The van der Waals surface area contributed by atoms with E-state index in [1.165, 1.54) is 0 Å². The molecule has 1 rings (SSSR count). The Morgan fingerprint density at radius 1 is 1.15 bits per heavy atom. The van der Waals surface area contributed by atoms with Crippen LogP contribution in [0.25, 0.3) is 0 Å². The van der Waals surface area contributed by atoms with Crippen molar-refractivity contribution in [3.8, 4) is 0 Å². The van der Waals surface area contributed by atoms with E-state index in [0.29, 0.717) is 12.2 Å². The molecule has 1 aromatic rings. The molecule has 1 aromatic carbocycles. The average Bonchev–Trinajstić information content (AvgIpc) is 2.36. The smallest absolute Gasteiger partial charge is 0.319 e. The molecule has 110 valence electrons. The van der Waals surface area contributed by atoms with Gasteiger partial charge in [0.25, 0.3) is 0 Å². The Morgan fingerprint density at radius 3 is 2.25 bits per heavy atom. The van der Waals surface area contributed by atoms with Crippen molar-refractivity contribution in [3.63, 3.8) is 0 Å². The first-order valence-electron chi connectivity index (χ1n) is 6.58. The number of urea groups is 1. The lowest BCUT2D eigenvalue weighted by atomic mass is 10.2. The Kier molecular flexibility index (Phi) is 5.99. The van der Waals surface area contributed by atoms with Gasteiger partial charge in [-0.25, -0.2) is 4.79 Å². The molecular weight excluding hydrogens is 256 g/mol. The van der Waals surface area contributed by atoms with Gasteiger partial charge in [0.05, 0.1) is 6.04 Å². The van der Waals surface area contributed by atoms with Crippen LogP contribution < -0.4 is 21.7 Å². The first-order valence-corrected chi connectivity index (χ1v) is 6.58. The van der Waals surface area contributed by atoms with Crippen molar-refractivity contribution < 1.29 is 9.59 Å². The van der Waals surface area contributed by atoms with Crippen LogP contribution in [0.4, 0.5) is 10.5 Å². The summed E-state index contributed by atoms with van der Waals surface area (Å²) >= 11 is 0. The number of hydrogen-bond donors (Lipinski definition) is 4. The molecule has 6 heteroatoms. The fraction of sp³-hybridized carbons (Fsp3) is 0.429. The molecule has 0 aliphatic carbocycles. The van der Waals surface area contributed by atoms with E-state index in [1.807, 2.05) is 26.0 Å². The second-order valence-electron chi connectivity index (χ2n) is 4.96. The van der Waals surface area contributed by atoms with E-state index in [4.69, 9.17) is 5.73 Å². The summed E-state index contributed by atoms with van der Waals surface area (Å²) in [5, 5.41) is 8.18. The molecule has 3 amide bonds. The van der Waals surface area contributed by atoms with Gasteiger partial charge >= 0.3 is 6.03 Å². The highest BCUT2D eigenvalue weighted by atomic mass is 16.2. The fourth-order valence-corrected chi connectivity index (χ4v) is 1.49. The Balaban J connectivity index is 2.48. The number of rotatable bonds is 5. The van der Waals surface area contributed by atoms with Crippen molar-refractivity contribution in [2.24, 2.45) is 5.73 Å². The lowest BCUT2D eigenvalue weighted by Crippen LogP contribution is -2.37. The van der Waals surface area contributed by atoms with Gasteiger partial charge in [0.15, 0.2) is 0 Å². The lowest BCUT2D eigenvalue weighted by molar-refractivity contribution is -0.122. The highest BCUT2D eigenvalue weighted by molar-refractivity contribution is 5.89. The number of benzene rings is 1.